The van der Waals surface area contributed by atoms with E-state index >= 15 is 0 Å². The van der Waals surface area contributed by atoms with Gasteiger partial charge in [-0.1, -0.05) is 35.0 Å². The van der Waals surface area contributed by atoms with Gasteiger partial charge in [0.2, 0.25) is 0 Å². The molecule has 1 aromatic carbocycles. The molecule has 2 rings (SSSR count). The Hall–Kier alpha value is -1.20. The lowest BCUT2D eigenvalue weighted by molar-refractivity contribution is -0.148. The van der Waals surface area contributed by atoms with Crippen molar-refractivity contribution in [2.75, 3.05) is 0 Å². The van der Waals surface area contributed by atoms with Crippen molar-refractivity contribution in [3.05, 3.63) is 39.3 Å². The molecular weight excluding hydrogens is 350 g/mol. The van der Waals surface area contributed by atoms with Crippen LogP contribution in [0.2, 0.25) is 0 Å². The number of hydrogen-bond donors (Lipinski definition) is 0. The van der Waals surface area contributed by atoms with Crippen molar-refractivity contribution in [1.29, 1.82) is 0 Å². The first-order valence-corrected chi connectivity index (χ1v) is 8.55. The highest BCUT2D eigenvalue weighted by molar-refractivity contribution is 9.10. The van der Waals surface area contributed by atoms with Crippen LogP contribution in [0.3, 0.4) is 0 Å². The average molecular weight is 368 g/mol. The van der Waals surface area contributed by atoms with E-state index in [0.29, 0.717) is 6.42 Å². The van der Waals surface area contributed by atoms with Crippen molar-refractivity contribution in [2.45, 2.75) is 39.7 Å². The number of nitrogens with zero attached hydrogens (tertiary/aromatic N) is 1. The van der Waals surface area contributed by atoms with Crippen molar-refractivity contribution in [3.63, 3.8) is 0 Å². The van der Waals surface area contributed by atoms with E-state index in [1.165, 1.54) is 0 Å². The molecule has 0 N–H and O–H groups in total. The Morgan fingerprint density at radius 1 is 1.38 bits per heavy atom. The van der Waals surface area contributed by atoms with Crippen molar-refractivity contribution in [1.82, 2.24) is 4.98 Å². The van der Waals surface area contributed by atoms with E-state index in [-0.39, 0.29) is 12.1 Å². The van der Waals surface area contributed by atoms with E-state index in [1.807, 2.05) is 45.0 Å². The molecule has 0 aliphatic rings. The second-order valence-corrected chi connectivity index (χ2v) is 6.80. The van der Waals surface area contributed by atoms with E-state index in [9.17, 15) is 4.79 Å². The van der Waals surface area contributed by atoms with Crippen molar-refractivity contribution >= 4 is 33.2 Å². The Labute approximate surface area is 137 Å². The van der Waals surface area contributed by atoms with Gasteiger partial charge in [-0.25, -0.2) is 4.98 Å². The van der Waals surface area contributed by atoms with Gasteiger partial charge < -0.3 is 4.74 Å². The fourth-order valence-corrected chi connectivity index (χ4v) is 3.33. The highest BCUT2D eigenvalue weighted by Crippen LogP contribution is 2.33. The zero-order valence-corrected chi connectivity index (χ0v) is 14.8. The quantitative estimate of drug-likeness (QED) is 0.674. The molecule has 0 radical (unpaired) electrons. The van der Waals surface area contributed by atoms with Gasteiger partial charge >= 0.3 is 5.97 Å². The fourth-order valence-electron chi connectivity index (χ4n) is 2.02. The smallest absolute Gasteiger partial charge is 0.306 e. The number of carbonyl (C=O) groups excluding carboxylic acids is 1. The number of benzene rings is 1. The Morgan fingerprint density at radius 3 is 2.67 bits per heavy atom. The summed E-state index contributed by atoms with van der Waals surface area (Å²) in [5, 5.41) is 0.952. The molecule has 21 heavy (non-hydrogen) atoms. The summed E-state index contributed by atoms with van der Waals surface area (Å²) in [7, 11) is 0. The van der Waals surface area contributed by atoms with Crippen LogP contribution in [0.5, 0.6) is 0 Å². The summed E-state index contributed by atoms with van der Waals surface area (Å²) in [5.41, 5.74) is 2.00. The van der Waals surface area contributed by atoms with Gasteiger partial charge in [0, 0.05) is 16.5 Å². The van der Waals surface area contributed by atoms with E-state index in [0.717, 1.165) is 32.0 Å². The lowest BCUT2D eigenvalue weighted by Gasteiger charge is -2.11. The summed E-state index contributed by atoms with van der Waals surface area (Å²) in [6.07, 6.45) is 1.02. The Bertz CT molecular complexity index is 622. The second-order valence-electron chi connectivity index (χ2n) is 4.86. The van der Waals surface area contributed by atoms with Gasteiger partial charge in [-0.2, -0.15) is 0 Å². The zero-order valence-electron chi connectivity index (χ0n) is 12.4. The molecule has 1 aromatic heterocycles. The van der Waals surface area contributed by atoms with Crippen LogP contribution in [0.4, 0.5) is 0 Å². The first-order chi connectivity index (χ1) is 10.0. The molecule has 112 valence electrons. The molecule has 0 fully saturated rings. The third-order valence-electron chi connectivity index (χ3n) is 3.06. The van der Waals surface area contributed by atoms with E-state index in [1.54, 1.807) is 11.3 Å². The molecule has 5 heteroatoms. The standard InChI is InChI=1S/C16H18BrNO2S/c1-4-5-14(19)20-11(3)15-10(2)18-16(21-15)12-6-8-13(17)9-7-12/h6-9,11H,4-5H2,1-3H3/t11-/m1/s1. The van der Waals surface area contributed by atoms with Crippen LogP contribution in [0.25, 0.3) is 10.6 Å². The number of halogens is 1. The molecule has 2 aromatic rings. The molecule has 0 aliphatic heterocycles. The predicted octanol–water partition coefficient (Wildman–Crippen LogP) is 5.29. The van der Waals surface area contributed by atoms with Gasteiger partial charge in [-0.05, 0) is 32.4 Å². The summed E-state index contributed by atoms with van der Waals surface area (Å²) in [4.78, 5) is 17.2. The van der Waals surface area contributed by atoms with Crippen molar-refractivity contribution in [3.8, 4) is 10.6 Å². The monoisotopic (exact) mass is 367 g/mol. The molecule has 1 heterocycles. The van der Waals surface area contributed by atoms with Crippen LogP contribution in [-0.4, -0.2) is 11.0 Å². The highest BCUT2D eigenvalue weighted by Gasteiger charge is 2.18. The summed E-state index contributed by atoms with van der Waals surface area (Å²) in [6.45, 7) is 5.83. The summed E-state index contributed by atoms with van der Waals surface area (Å²) < 4.78 is 6.49. The van der Waals surface area contributed by atoms with E-state index in [4.69, 9.17) is 4.74 Å². The molecular formula is C16H18BrNO2S. The SMILES string of the molecule is CCCC(=O)O[C@H](C)c1sc(-c2ccc(Br)cc2)nc1C. The van der Waals surface area contributed by atoms with Crippen molar-refractivity contribution in [2.24, 2.45) is 0 Å². The molecule has 0 saturated carbocycles. The van der Waals surface area contributed by atoms with Gasteiger partial charge in [0.1, 0.15) is 11.1 Å². The number of aryl methyl sites for hydroxylation is 1. The van der Waals surface area contributed by atoms with Gasteiger partial charge in [-0.3, -0.25) is 4.79 Å². The maximum absolute atomic E-state index is 11.6. The third kappa shape index (κ3) is 4.14. The number of esters is 1. The van der Waals surface area contributed by atoms with Crippen molar-refractivity contribution < 1.29 is 9.53 Å². The maximum Gasteiger partial charge on any atom is 0.306 e. The van der Waals surface area contributed by atoms with E-state index in [2.05, 4.69) is 20.9 Å². The summed E-state index contributed by atoms with van der Waals surface area (Å²) in [6, 6.07) is 8.05. The Kier molecular flexibility index (Phi) is 5.53. The normalized spacial score (nSPS) is 12.2. The van der Waals surface area contributed by atoms with E-state index < -0.39 is 0 Å². The van der Waals surface area contributed by atoms with Gasteiger partial charge in [-0.15, -0.1) is 11.3 Å². The minimum absolute atomic E-state index is 0.150. The first-order valence-electron chi connectivity index (χ1n) is 6.94. The first kappa shape index (κ1) is 16.2. The lowest BCUT2D eigenvalue weighted by atomic mass is 10.2. The molecule has 0 spiro atoms. The minimum Gasteiger partial charge on any atom is -0.457 e. The number of carbonyl (C=O) groups is 1. The van der Waals surface area contributed by atoms with Crippen LogP contribution in [0.15, 0.2) is 28.7 Å². The van der Waals surface area contributed by atoms with Crippen LogP contribution in [0.1, 0.15) is 43.4 Å². The lowest BCUT2D eigenvalue weighted by Crippen LogP contribution is -2.07. The third-order valence-corrected chi connectivity index (χ3v) is 4.95. The maximum atomic E-state index is 11.6. The molecule has 3 nitrogen and oxygen atoms in total. The molecule has 1 atom stereocenters. The van der Waals surface area contributed by atoms with Gasteiger partial charge in [0.15, 0.2) is 0 Å². The minimum atomic E-state index is -0.245. The Balaban J connectivity index is 2.18. The molecule has 0 aliphatic carbocycles. The number of hydrogen-bond acceptors (Lipinski definition) is 4. The van der Waals surface area contributed by atoms with Crippen LogP contribution in [0, 0.1) is 6.92 Å². The fraction of sp³-hybridized carbons (Fsp3) is 0.375. The van der Waals surface area contributed by atoms with Gasteiger partial charge in [0.25, 0.3) is 0 Å². The largest absolute Gasteiger partial charge is 0.457 e. The predicted molar refractivity (Wildman–Crippen MR) is 89.4 cm³/mol. The summed E-state index contributed by atoms with van der Waals surface area (Å²) >= 11 is 5.01. The Morgan fingerprint density at radius 2 is 2.05 bits per heavy atom. The topological polar surface area (TPSA) is 39.2 Å². The van der Waals surface area contributed by atoms with Crippen LogP contribution in [-0.2, 0) is 9.53 Å². The average Bonchev–Trinajstić information content (AvgIpc) is 2.82. The number of ether oxygens (including phenoxy) is 1. The number of aromatic nitrogens is 1. The van der Waals surface area contributed by atoms with Crippen LogP contribution >= 0.6 is 27.3 Å². The highest BCUT2D eigenvalue weighted by atomic mass is 79.9. The zero-order chi connectivity index (χ0) is 15.4. The van der Waals surface area contributed by atoms with Gasteiger partial charge in [0.05, 0.1) is 10.6 Å². The summed E-state index contributed by atoms with van der Waals surface area (Å²) in [5.74, 6) is -0.150. The molecule has 0 saturated heterocycles. The molecule has 0 unspecified atom stereocenters. The molecule has 0 bridgehead atoms. The molecule has 0 amide bonds. The number of rotatable bonds is 5. The number of thiazole rings is 1. The van der Waals surface area contributed by atoms with Crippen LogP contribution < -0.4 is 0 Å². The second kappa shape index (κ2) is 7.18.